The van der Waals surface area contributed by atoms with Crippen molar-refractivity contribution >= 4 is 26.6 Å². The van der Waals surface area contributed by atoms with Crippen LogP contribution in [-0.2, 0) is 14.2 Å². The van der Waals surface area contributed by atoms with E-state index in [1.165, 1.54) is 0 Å². The molecule has 4 atom stereocenters. The molecule has 2 fully saturated rings. The van der Waals surface area contributed by atoms with Crippen LogP contribution in [0, 0.1) is 0 Å². The van der Waals surface area contributed by atoms with E-state index in [0.29, 0.717) is 6.61 Å². The Labute approximate surface area is 88.5 Å². The maximum Gasteiger partial charge on any atom is 0.367 e. The van der Waals surface area contributed by atoms with Gasteiger partial charge in [-0.3, -0.25) is 0 Å². The van der Waals surface area contributed by atoms with Crippen molar-refractivity contribution in [3.05, 3.63) is 0 Å². The molecule has 2 aliphatic rings. The van der Waals surface area contributed by atoms with Gasteiger partial charge in [-0.1, -0.05) is 0 Å². The van der Waals surface area contributed by atoms with Gasteiger partial charge < -0.3 is 19.3 Å². The standard InChI is InChI=1S/C7H9IO5/c8-7(10)13-4-2-12-5-3(9)1-11-6(4)5/h3-6,9H,1-2H2. The fourth-order valence-electron chi connectivity index (χ4n) is 1.66. The summed E-state index contributed by atoms with van der Waals surface area (Å²) in [5, 5.41) is 9.36. The van der Waals surface area contributed by atoms with Crippen molar-refractivity contribution in [2.45, 2.75) is 24.4 Å². The number of hydrogen-bond acceptors (Lipinski definition) is 5. The van der Waals surface area contributed by atoms with Crippen LogP contribution in [0.3, 0.4) is 0 Å². The monoisotopic (exact) mass is 300 g/mol. The van der Waals surface area contributed by atoms with E-state index in [-0.39, 0.29) is 28.9 Å². The molecular formula is C7H9IO5. The van der Waals surface area contributed by atoms with Crippen molar-refractivity contribution in [1.29, 1.82) is 0 Å². The summed E-state index contributed by atoms with van der Waals surface area (Å²) in [5.74, 6) is 0. The number of hydrogen-bond donors (Lipinski definition) is 1. The number of halogens is 1. The topological polar surface area (TPSA) is 65.0 Å². The van der Waals surface area contributed by atoms with Gasteiger partial charge in [-0.05, 0) is 0 Å². The minimum Gasteiger partial charge on any atom is -0.450 e. The van der Waals surface area contributed by atoms with Crippen LogP contribution in [-0.4, -0.2) is 46.7 Å². The zero-order chi connectivity index (χ0) is 9.42. The summed E-state index contributed by atoms with van der Waals surface area (Å²) in [7, 11) is 0. The van der Waals surface area contributed by atoms with Gasteiger partial charge in [-0.15, -0.1) is 0 Å². The van der Waals surface area contributed by atoms with Crippen LogP contribution in [0.15, 0.2) is 0 Å². The molecule has 0 saturated carbocycles. The highest BCUT2D eigenvalue weighted by molar-refractivity contribution is 14.1. The van der Waals surface area contributed by atoms with Crippen LogP contribution in [0.25, 0.3) is 0 Å². The van der Waals surface area contributed by atoms with Crippen molar-refractivity contribution in [2.75, 3.05) is 13.2 Å². The number of aliphatic hydroxyl groups excluding tert-OH is 1. The van der Waals surface area contributed by atoms with Crippen molar-refractivity contribution in [3.8, 4) is 0 Å². The van der Waals surface area contributed by atoms with E-state index in [4.69, 9.17) is 14.2 Å². The fraction of sp³-hybridized carbons (Fsp3) is 0.857. The van der Waals surface area contributed by atoms with E-state index in [1.807, 2.05) is 0 Å². The lowest BCUT2D eigenvalue weighted by Crippen LogP contribution is -2.33. The van der Waals surface area contributed by atoms with Crippen LogP contribution in [0.4, 0.5) is 4.79 Å². The third-order valence-electron chi connectivity index (χ3n) is 2.23. The smallest absolute Gasteiger partial charge is 0.367 e. The van der Waals surface area contributed by atoms with E-state index in [9.17, 15) is 9.90 Å². The fourth-order valence-corrected chi connectivity index (χ4v) is 1.99. The molecule has 0 aromatic carbocycles. The molecule has 0 aliphatic carbocycles. The predicted octanol–water partition coefficient (Wildman–Crippen LogP) is 0.0851. The molecule has 0 aromatic heterocycles. The summed E-state index contributed by atoms with van der Waals surface area (Å²) < 4.78 is 15.1. The van der Waals surface area contributed by atoms with E-state index in [0.717, 1.165) is 0 Å². The Morgan fingerprint density at radius 2 is 2.08 bits per heavy atom. The second-order valence-electron chi connectivity index (χ2n) is 3.06. The summed E-state index contributed by atoms with van der Waals surface area (Å²) in [4.78, 5) is 10.7. The van der Waals surface area contributed by atoms with E-state index < -0.39 is 6.10 Å². The maximum absolute atomic E-state index is 10.7. The van der Waals surface area contributed by atoms with Crippen LogP contribution >= 0.6 is 22.6 Å². The Hall–Kier alpha value is 0.0800. The second kappa shape index (κ2) is 3.68. The van der Waals surface area contributed by atoms with Gasteiger partial charge >= 0.3 is 3.98 Å². The number of carbonyl (C=O) groups is 1. The largest absolute Gasteiger partial charge is 0.450 e. The highest BCUT2D eigenvalue weighted by Crippen LogP contribution is 2.29. The summed E-state index contributed by atoms with van der Waals surface area (Å²) >= 11 is 1.56. The summed E-state index contributed by atoms with van der Waals surface area (Å²) in [6.07, 6.45) is -1.59. The molecule has 0 bridgehead atoms. The molecule has 2 aliphatic heterocycles. The molecule has 0 aromatic rings. The quantitative estimate of drug-likeness (QED) is 0.549. The first-order valence-electron chi connectivity index (χ1n) is 3.96. The molecule has 1 N–H and O–H groups in total. The number of rotatable bonds is 1. The molecule has 2 heterocycles. The molecule has 5 nitrogen and oxygen atoms in total. The normalized spacial score (nSPS) is 43.2. The lowest BCUT2D eigenvalue weighted by atomic mass is 10.1. The van der Waals surface area contributed by atoms with Crippen molar-refractivity contribution < 1.29 is 24.1 Å². The first-order valence-corrected chi connectivity index (χ1v) is 5.04. The molecule has 0 radical (unpaired) electrons. The zero-order valence-electron chi connectivity index (χ0n) is 6.68. The van der Waals surface area contributed by atoms with Crippen molar-refractivity contribution in [1.82, 2.24) is 0 Å². The van der Waals surface area contributed by atoms with Crippen LogP contribution in [0.1, 0.15) is 0 Å². The van der Waals surface area contributed by atoms with Gasteiger partial charge in [0.05, 0.1) is 35.8 Å². The van der Waals surface area contributed by atoms with Crippen molar-refractivity contribution in [3.63, 3.8) is 0 Å². The minimum atomic E-state index is -0.595. The lowest BCUT2D eigenvalue weighted by molar-refractivity contribution is 0.000384. The predicted molar refractivity (Wildman–Crippen MR) is 49.8 cm³/mol. The first kappa shape index (κ1) is 9.63. The van der Waals surface area contributed by atoms with E-state index in [2.05, 4.69) is 0 Å². The third-order valence-corrected chi connectivity index (χ3v) is 2.48. The highest BCUT2D eigenvalue weighted by Gasteiger charge is 2.48. The molecule has 0 amide bonds. The van der Waals surface area contributed by atoms with Gasteiger partial charge in [0, 0.05) is 0 Å². The summed E-state index contributed by atoms with van der Waals surface area (Å²) in [5.41, 5.74) is 0. The molecule has 0 spiro atoms. The van der Waals surface area contributed by atoms with Gasteiger partial charge in [-0.2, -0.15) is 0 Å². The van der Waals surface area contributed by atoms with Gasteiger partial charge in [0.1, 0.15) is 18.3 Å². The van der Waals surface area contributed by atoms with E-state index >= 15 is 0 Å². The molecular weight excluding hydrogens is 291 g/mol. The Bertz CT molecular complexity index is 221. The average Bonchev–Trinajstić information content (AvgIpc) is 2.56. The molecule has 2 rings (SSSR count). The average molecular weight is 300 g/mol. The Kier molecular flexibility index (Phi) is 2.72. The SMILES string of the molecule is O=C(I)OC1COC2C(O)COC12. The van der Waals surface area contributed by atoms with Crippen LogP contribution < -0.4 is 0 Å². The second-order valence-corrected chi connectivity index (χ2v) is 3.94. The Morgan fingerprint density at radius 3 is 2.77 bits per heavy atom. The Balaban J connectivity index is 1.98. The van der Waals surface area contributed by atoms with Crippen molar-refractivity contribution in [2.24, 2.45) is 0 Å². The lowest BCUT2D eigenvalue weighted by Gasteiger charge is -2.14. The van der Waals surface area contributed by atoms with Gasteiger partial charge in [0.25, 0.3) is 0 Å². The number of fused-ring (bicyclic) bond motifs is 1. The van der Waals surface area contributed by atoms with Crippen LogP contribution in [0.5, 0.6) is 0 Å². The maximum atomic E-state index is 10.7. The summed E-state index contributed by atoms with van der Waals surface area (Å²) in [6, 6.07) is 0. The molecule has 2 saturated heterocycles. The Morgan fingerprint density at radius 1 is 1.38 bits per heavy atom. The van der Waals surface area contributed by atoms with Crippen LogP contribution in [0.2, 0.25) is 0 Å². The number of carbonyl (C=O) groups excluding carboxylic acids is 1. The first-order chi connectivity index (χ1) is 6.18. The zero-order valence-corrected chi connectivity index (χ0v) is 8.84. The summed E-state index contributed by atoms with van der Waals surface area (Å²) in [6.45, 7) is 0.561. The minimum absolute atomic E-state index is 0.255. The van der Waals surface area contributed by atoms with E-state index in [1.54, 1.807) is 22.6 Å². The molecule has 13 heavy (non-hydrogen) atoms. The number of ether oxygens (including phenoxy) is 3. The molecule has 74 valence electrons. The molecule has 4 unspecified atom stereocenters. The van der Waals surface area contributed by atoms with Gasteiger partial charge in [-0.25, -0.2) is 4.79 Å². The highest BCUT2D eigenvalue weighted by atomic mass is 127. The van der Waals surface area contributed by atoms with Gasteiger partial charge in [0.2, 0.25) is 0 Å². The third kappa shape index (κ3) is 1.80. The van der Waals surface area contributed by atoms with Gasteiger partial charge in [0.15, 0.2) is 6.10 Å². The number of aliphatic hydroxyl groups is 1. The molecule has 6 heteroatoms.